The minimum absolute atomic E-state index is 0.0171. The van der Waals surface area contributed by atoms with Crippen LogP contribution in [0.5, 0.6) is 0 Å². The maximum atomic E-state index is 5.65. The molecule has 1 aliphatic heterocycles. The molecular formula is C15H16N2S2. The number of hydrogen-bond acceptors (Lipinski definition) is 3. The highest BCUT2D eigenvalue weighted by molar-refractivity contribution is 7.80. The molecule has 1 aliphatic carbocycles. The van der Waals surface area contributed by atoms with Crippen LogP contribution in [0.1, 0.15) is 37.7 Å². The van der Waals surface area contributed by atoms with Gasteiger partial charge in [0.1, 0.15) is 15.7 Å². The van der Waals surface area contributed by atoms with E-state index in [0.29, 0.717) is 0 Å². The first-order valence-electron chi connectivity index (χ1n) is 6.90. The van der Waals surface area contributed by atoms with Crippen LogP contribution in [0, 0.1) is 0 Å². The molecule has 0 radical (unpaired) electrons. The van der Waals surface area contributed by atoms with Gasteiger partial charge in [-0.05, 0) is 31.7 Å². The first-order valence-corrected chi connectivity index (χ1v) is 8.12. The van der Waals surface area contributed by atoms with Gasteiger partial charge >= 0.3 is 0 Å². The lowest BCUT2D eigenvalue weighted by atomic mass is 9.87. The Morgan fingerprint density at radius 3 is 2.68 bits per heavy atom. The highest BCUT2D eigenvalue weighted by Crippen LogP contribution is 2.42. The number of hydrogen-bond donors (Lipinski definition) is 2. The summed E-state index contributed by atoms with van der Waals surface area (Å²) in [4.78, 5) is 0.924. The van der Waals surface area contributed by atoms with E-state index in [-0.39, 0.29) is 5.66 Å². The molecule has 98 valence electrons. The summed E-state index contributed by atoms with van der Waals surface area (Å²) in [6, 6.07) is 8.52. The smallest absolute Gasteiger partial charge is 0.112 e. The average molecular weight is 288 g/mol. The van der Waals surface area contributed by atoms with E-state index >= 15 is 0 Å². The molecule has 2 N–H and O–H groups in total. The van der Waals surface area contributed by atoms with Crippen LogP contribution < -0.4 is 10.6 Å². The number of thiophene rings is 1. The Morgan fingerprint density at radius 1 is 1.05 bits per heavy atom. The van der Waals surface area contributed by atoms with Crippen molar-refractivity contribution in [3.63, 3.8) is 0 Å². The zero-order chi connectivity index (χ0) is 12.9. The fourth-order valence-electron chi connectivity index (χ4n) is 3.29. The maximum absolute atomic E-state index is 5.65. The van der Waals surface area contributed by atoms with Crippen molar-refractivity contribution in [1.29, 1.82) is 0 Å². The van der Waals surface area contributed by atoms with Crippen LogP contribution in [0.2, 0.25) is 0 Å². The van der Waals surface area contributed by atoms with Gasteiger partial charge in [0.05, 0.1) is 5.56 Å². The van der Waals surface area contributed by atoms with Gasteiger partial charge in [-0.3, -0.25) is 0 Å². The van der Waals surface area contributed by atoms with E-state index in [4.69, 9.17) is 12.2 Å². The van der Waals surface area contributed by atoms with Crippen LogP contribution in [0.4, 0.5) is 5.00 Å². The minimum atomic E-state index is 0.0171. The summed E-state index contributed by atoms with van der Waals surface area (Å²) < 4.78 is 1.32. The summed E-state index contributed by atoms with van der Waals surface area (Å²) in [7, 11) is 0. The van der Waals surface area contributed by atoms with Crippen molar-refractivity contribution in [2.45, 2.75) is 37.8 Å². The molecule has 1 aromatic carbocycles. The Labute approximate surface area is 122 Å². The van der Waals surface area contributed by atoms with Gasteiger partial charge in [-0.15, -0.1) is 11.3 Å². The lowest BCUT2D eigenvalue weighted by molar-refractivity contribution is 0.301. The molecule has 2 nitrogen and oxygen atoms in total. The van der Waals surface area contributed by atoms with Crippen LogP contribution in [-0.2, 0) is 0 Å². The van der Waals surface area contributed by atoms with Crippen molar-refractivity contribution >= 4 is 43.6 Å². The molecule has 2 aliphatic rings. The standard InChI is InChI=1S/C15H16N2S2/c18-13-12-10-6-2-3-7-11(10)19-14(12)17-15(16-13)8-4-1-5-9-15/h2-3,6-7,17H,1,4-5,8-9H2,(H,16,18). The summed E-state index contributed by atoms with van der Waals surface area (Å²) in [5.41, 5.74) is 1.22. The van der Waals surface area contributed by atoms with Gasteiger partial charge in [-0.1, -0.05) is 36.8 Å². The van der Waals surface area contributed by atoms with Crippen LogP contribution in [0.25, 0.3) is 10.1 Å². The van der Waals surface area contributed by atoms with E-state index < -0.39 is 0 Å². The van der Waals surface area contributed by atoms with Gasteiger partial charge in [0.25, 0.3) is 0 Å². The van der Waals surface area contributed by atoms with E-state index in [9.17, 15) is 0 Å². The summed E-state index contributed by atoms with van der Waals surface area (Å²) in [5, 5.41) is 9.88. The van der Waals surface area contributed by atoms with Crippen LogP contribution in [0.15, 0.2) is 24.3 Å². The van der Waals surface area contributed by atoms with Gasteiger partial charge in [0.15, 0.2) is 0 Å². The predicted octanol–water partition coefficient (Wildman–Crippen LogP) is 4.25. The Kier molecular flexibility index (Phi) is 2.57. The van der Waals surface area contributed by atoms with Gasteiger partial charge in [-0.2, -0.15) is 0 Å². The first-order chi connectivity index (χ1) is 9.27. The van der Waals surface area contributed by atoms with E-state index in [0.717, 1.165) is 4.99 Å². The summed E-state index contributed by atoms with van der Waals surface area (Å²) in [6.45, 7) is 0. The topological polar surface area (TPSA) is 24.1 Å². The molecule has 1 spiro atoms. The Bertz CT molecular complexity index is 653. The largest absolute Gasteiger partial charge is 0.354 e. The predicted molar refractivity (Wildman–Crippen MR) is 86.1 cm³/mol. The molecule has 1 fully saturated rings. The third-order valence-electron chi connectivity index (χ3n) is 4.24. The third kappa shape index (κ3) is 1.77. The summed E-state index contributed by atoms with van der Waals surface area (Å²) in [6.07, 6.45) is 6.24. The molecule has 0 amide bonds. The number of rotatable bonds is 0. The van der Waals surface area contributed by atoms with Crippen molar-refractivity contribution in [2.75, 3.05) is 5.32 Å². The molecule has 2 aromatic rings. The van der Waals surface area contributed by atoms with Crippen molar-refractivity contribution in [2.24, 2.45) is 0 Å². The zero-order valence-electron chi connectivity index (χ0n) is 10.7. The lowest BCUT2D eigenvalue weighted by Crippen LogP contribution is -2.57. The molecule has 0 bridgehead atoms. The Balaban J connectivity index is 1.84. The maximum Gasteiger partial charge on any atom is 0.112 e. The van der Waals surface area contributed by atoms with E-state index in [2.05, 4.69) is 34.9 Å². The van der Waals surface area contributed by atoms with E-state index in [1.165, 1.54) is 52.8 Å². The number of fused-ring (bicyclic) bond motifs is 3. The summed E-state index contributed by atoms with van der Waals surface area (Å²) >= 11 is 7.48. The SMILES string of the molecule is S=C1NC2(CCCCC2)Nc2sc3ccccc3c21. The fourth-order valence-corrected chi connectivity index (χ4v) is 4.97. The second-order valence-electron chi connectivity index (χ2n) is 5.52. The molecule has 1 aromatic heterocycles. The normalized spacial score (nSPS) is 20.9. The van der Waals surface area contributed by atoms with Gasteiger partial charge in [0, 0.05) is 10.1 Å². The van der Waals surface area contributed by atoms with Crippen molar-refractivity contribution in [3.05, 3.63) is 29.8 Å². The number of anilines is 1. The van der Waals surface area contributed by atoms with E-state index in [1.54, 1.807) is 0 Å². The van der Waals surface area contributed by atoms with Gasteiger partial charge in [0.2, 0.25) is 0 Å². The highest BCUT2D eigenvalue weighted by atomic mass is 32.1. The van der Waals surface area contributed by atoms with Crippen molar-refractivity contribution in [1.82, 2.24) is 5.32 Å². The summed E-state index contributed by atoms with van der Waals surface area (Å²) in [5.74, 6) is 0. The third-order valence-corrected chi connectivity index (χ3v) is 5.63. The second kappa shape index (κ2) is 4.18. The van der Waals surface area contributed by atoms with Crippen LogP contribution in [0.3, 0.4) is 0 Å². The quantitative estimate of drug-likeness (QED) is 0.709. The molecule has 4 heteroatoms. The Hall–Kier alpha value is -1.13. The van der Waals surface area contributed by atoms with E-state index in [1.807, 2.05) is 11.3 Å². The second-order valence-corrected chi connectivity index (χ2v) is 6.98. The molecule has 4 rings (SSSR count). The highest BCUT2D eigenvalue weighted by Gasteiger charge is 2.38. The molecule has 0 unspecified atom stereocenters. The molecule has 0 saturated heterocycles. The molecular weight excluding hydrogens is 272 g/mol. The molecule has 2 heterocycles. The lowest BCUT2D eigenvalue weighted by Gasteiger charge is -2.43. The fraction of sp³-hybridized carbons (Fsp3) is 0.400. The zero-order valence-corrected chi connectivity index (χ0v) is 12.3. The monoisotopic (exact) mass is 288 g/mol. The van der Waals surface area contributed by atoms with Crippen LogP contribution in [-0.4, -0.2) is 10.7 Å². The molecule has 19 heavy (non-hydrogen) atoms. The van der Waals surface area contributed by atoms with Gasteiger partial charge in [-0.25, -0.2) is 0 Å². The molecule has 1 saturated carbocycles. The van der Waals surface area contributed by atoms with Crippen LogP contribution >= 0.6 is 23.6 Å². The minimum Gasteiger partial charge on any atom is -0.354 e. The first kappa shape index (κ1) is 11.7. The molecule has 0 atom stereocenters. The number of thiocarbonyl (C=S) groups is 1. The van der Waals surface area contributed by atoms with Gasteiger partial charge < -0.3 is 10.6 Å². The average Bonchev–Trinajstić information content (AvgIpc) is 2.77. The number of nitrogens with one attached hydrogen (secondary N) is 2. The van der Waals surface area contributed by atoms with Crippen molar-refractivity contribution < 1.29 is 0 Å². The van der Waals surface area contributed by atoms with Crippen molar-refractivity contribution in [3.8, 4) is 0 Å². The Morgan fingerprint density at radius 2 is 1.84 bits per heavy atom. The number of benzene rings is 1.